The number of nitrogens with one attached hydrogen (secondary N) is 3. The largest absolute Gasteiger partial charge is 0.336 e. The maximum Gasteiger partial charge on any atom is 0.209 e. The van der Waals surface area contributed by atoms with Gasteiger partial charge >= 0.3 is 0 Å². The molecule has 11 heteroatoms. The lowest BCUT2D eigenvalue weighted by Crippen LogP contribution is -2.21. The Morgan fingerprint density at radius 2 is 1.81 bits per heavy atom. The van der Waals surface area contributed by atoms with Crippen molar-refractivity contribution < 1.29 is 12.8 Å². The number of H-pyrrole nitrogens is 2. The molecule has 6 rings (SSSR count). The number of imidazole rings is 1. The number of aromatic amines is 2. The smallest absolute Gasteiger partial charge is 0.209 e. The van der Waals surface area contributed by atoms with Crippen molar-refractivity contribution in [1.29, 1.82) is 0 Å². The predicted molar refractivity (Wildman–Crippen MR) is 139 cm³/mol. The lowest BCUT2D eigenvalue weighted by Gasteiger charge is -2.08. The van der Waals surface area contributed by atoms with Gasteiger partial charge in [0.2, 0.25) is 10.0 Å². The summed E-state index contributed by atoms with van der Waals surface area (Å²) in [6, 6.07) is 19.4. The van der Waals surface area contributed by atoms with Gasteiger partial charge in [-0.3, -0.25) is 10.1 Å². The first-order valence-electron chi connectivity index (χ1n) is 11.3. The molecule has 0 bridgehead atoms. The third-order valence-electron chi connectivity index (χ3n) is 5.88. The van der Waals surface area contributed by atoms with Crippen LogP contribution in [0.2, 0.25) is 0 Å². The van der Waals surface area contributed by atoms with Gasteiger partial charge in [0.15, 0.2) is 11.5 Å². The van der Waals surface area contributed by atoms with Crippen LogP contribution in [-0.4, -0.2) is 44.8 Å². The molecule has 0 saturated heterocycles. The van der Waals surface area contributed by atoms with Gasteiger partial charge < -0.3 is 4.98 Å². The van der Waals surface area contributed by atoms with Gasteiger partial charge in [0.05, 0.1) is 34.2 Å². The first-order chi connectivity index (χ1) is 17.8. The van der Waals surface area contributed by atoms with E-state index >= 15 is 0 Å². The molecule has 4 heterocycles. The summed E-state index contributed by atoms with van der Waals surface area (Å²) < 4.78 is 39.9. The van der Waals surface area contributed by atoms with Crippen LogP contribution in [0.15, 0.2) is 72.9 Å². The lowest BCUT2D eigenvalue weighted by molar-refractivity contribution is 0.586. The molecular weight excluding hydrogens is 493 g/mol. The van der Waals surface area contributed by atoms with Crippen LogP contribution in [-0.2, 0) is 16.6 Å². The highest BCUT2D eigenvalue weighted by molar-refractivity contribution is 7.88. The van der Waals surface area contributed by atoms with Crippen molar-refractivity contribution in [3.63, 3.8) is 0 Å². The highest BCUT2D eigenvalue weighted by Crippen LogP contribution is 2.32. The number of sulfonamides is 1. The summed E-state index contributed by atoms with van der Waals surface area (Å²) in [6.07, 6.45) is 2.78. The minimum atomic E-state index is -3.42. The van der Waals surface area contributed by atoms with E-state index in [9.17, 15) is 12.8 Å². The Bertz CT molecular complexity index is 1880. The fourth-order valence-corrected chi connectivity index (χ4v) is 4.65. The molecule has 0 fully saturated rings. The fourth-order valence-electron chi connectivity index (χ4n) is 4.22. The number of fused-ring (bicyclic) bond motifs is 2. The number of aromatic nitrogens is 6. The van der Waals surface area contributed by atoms with Gasteiger partial charge in [-0.05, 0) is 59.7 Å². The van der Waals surface area contributed by atoms with Crippen LogP contribution in [0.4, 0.5) is 4.39 Å². The van der Waals surface area contributed by atoms with E-state index in [-0.39, 0.29) is 6.54 Å². The molecule has 6 aromatic rings. The third kappa shape index (κ3) is 4.57. The number of nitrogens with zero attached hydrogens (tertiary/aromatic N) is 4. The molecule has 0 radical (unpaired) electrons. The molecule has 4 aromatic heterocycles. The molecule has 0 spiro atoms. The van der Waals surface area contributed by atoms with E-state index in [1.807, 2.05) is 48.5 Å². The zero-order chi connectivity index (χ0) is 25.6. The van der Waals surface area contributed by atoms with E-state index in [2.05, 4.69) is 24.9 Å². The van der Waals surface area contributed by atoms with E-state index in [0.29, 0.717) is 44.9 Å². The summed E-state index contributed by atoms with van der Waals surface area (Å²) in [6.45, 7) is -0.0189. The molecule has 0 unspecified atom stereocenters. The first kappa shape index (κ1) is 23.0. The maximum atomic E-state index is 14.5. The van der Waals surface area contributed by atoms with E-state index in [1.165, 1.54) is 12.1 Å². The average molecular weight is 514 g/mol. The number of benzene rings is 2. The minimum Gasteiger partial charge on any atom is -0.336 e. The molecular formula is C26H20FN7O2S. The van der Waals surface area contributed by atoms with Crippen LogP contribution in [0.3, 0.4) is 0 Å². The van der Waals surface area contributed by atoms with Crippen molar-refractivity contribution in [3.05, 3.63) is 84.3 Å². The van der Waals surface area contributed by atoms with Gasteiger partial charge in [-0.15, -0.1) is 0 Å². The zero-order valence-corrected chi connectivity index (χ0v) is 20.3. The van der Waals surface area contributed by atoms with Crippen molar-refractivity contribution in [3.8, 4) is 34.0 Å². The summed E-state index contributed by atoms with van der Waals surface area (Å²) >= 11 is 0. The van der Waals surface area contributed by atoms with Gasteiger partial charge in [-0.25, -0.2) is 27.5 Å². The number of hydrogen-bond acceptors (Lipinski definition) is 6. The van der Waals surface area contributed by atoms with Crippen LogP contribution in [0, 0.1) is 5.82 Å². The molecule has 37 heavy (non-hydrogen) atoms. The summed E-state index contributed by atoms with van der Waals surface area (Å²) in [5, 5.41) is 7.45. The summed E-state index contributed by atoms with van der Waals surface area (Å²) in [4.78, 5) is 17.3. The third-order valence-corrected chi connectivity index (χ3v) is 6.55. The number of rotatable bonds is 6. The highest BCUT2D eigenvalue weighted by Gasteiger charge is 2.17. The standard InChI is InChI=1S/C26H20FN7O2S/c1-37(35,36)29-14-15-11-16(13-17(27)12-15)18-5-4-7-21-23(18)32-26(31-21)25-24-22(33-34-25)9-8-20(30-24)19-6-2-3-10-28-19/h2-13,29H,14H2,1H3,(H,31,32)(H,33,34). The van der Waals surface area contributed by atoms with Crippen molar-refractivity contribution >= 4 is 32.1 Å². The van der Waals surface area contributed by atoms with Crippen LogP contribution in [0.1, 0.15) is 5.56 Å². The monoisotopic (exact) mass is 513 g/mol. The molecule has 3 N–H and O–H groups in total. The van der Waals surface area contributed by atoms with E-state index < -0.39 is 15.8 Å². The Hall–Kier alpha value is -4.48. The average Bonchev–Trinajstić information content (AvgIpc) is 3.51. The topological polar surface area (TPSA) is 129 Å². The van der Waals surface area contributed by atoms with Crippen LogP contribution >= 0.6 is 0 Å². The zero-order valence-electron chi connectivity index (χ0n) is 19.5. The van der Waals surface area contributed by atoms with Crippen molar-refractivity contribution in [1.82, 2.24) is 34.9 Å². The van der Waals surface area contributed by atoms with Crippen molar-refractivity contribution in [2.45, 2.75) is 6.54 Å². The molecule has 2 aromatic carbocycles. The van der Waals surface area contributed by atoms with E-state index in [1.54, 1.807) is 12.3 Å². The number of pyridine rings is 2. The van der Waals surface area contributed by atoms with Crippen molar-refractivity contribution in [2.75, 3.05) is 6.26 Å². The van der Waals surface area contributed by atoms with Gasteiger partial charge in [0.25, 0.3) is 0 Å². The molecule has 0 aliphatic rings. The number of halogens is 1. The molecule has 0 saturated carbocycles. The lowest BCUT2D eigenvalue weighted by atomic mass is 10.0. The SMILES string of the molecule is CS(=O)(=O)NCc1cc(F)cc(-c2cccc3[nH]c(-c4n[nH]c5ccc(-c6ccccn6)nc45)nc23)c1. The molecule has 0 amide bonds. The van der Waals surface area contributed by atoms with Gasteiger partial charge in [-0.2, -0.15) is 5.10 Å². The Morgan fingerprint density at radius 1 is 0.919 bits per heavy atom. The number of para-hydroxylation sites is 1. The van der Waals surface area contributed by atoms with Crippen LogP contribution in [0.5, 0.6) is 0 Å². The van der Waals surface area contributed by atoms with E-state index in [4.69, 9.17) is 9.97 Å². The molecule has 0 aliphatic heterocycles. The first-order valence-corrected chi connectivity index (χ1v) is 13.2. The Kier molecular flexibility index (Phi) is 5.50. The second kappa shape index (κ2) is 8.87. The second-order valence-electron chi connectivity index (χ2n) is 8.61. The Labute approximate surface area is 210 Å². The number of hydrogen-bond donors (Lipinski definition) is 3. The molecule has 0 aliphatic carbocycles. The van der Waals surface area contributed by atoms with Crippen LogP contribution < -0.4 is 4.72 Å². The van der Waals surface area contributed by atoms with Crippen LogP contribution in [0.25, 0.3) is 56.1 Å². The Balaban J connectivity index is 1.44. The summed E-state index contributed by atoms with van der Waals surface area (Å²) in [5.74, 6) is 0.0369. The predicted octanol–water partition coefficient (Wildman–Crippen LogP) is 4.42. The van der Waals surface area contributed by atoms with Gasteiger partial charge in [0, 0.05) is 18.3 Å². The Morgan fingerprint density at radius 3 is 2.62 bits per heavy atom. The quantitative estimate of drug-likeness (QED) is 0.302. The summed E-state index contributed by atoms with van der Waals surface area (Å²) in [7, 11) is -3.42. The van der Waals surface area contributed by atoms with Gasteiger partial charge in [-0.1, -0.05) is 18.2 Å². The molecule has 184 valence electrons. The fraction of sp³-hybridized carbons (Fsp3) is 0.0769. The van der Waals surface area contributed by atoms with Crippen molar-refractivity contribution in [2.24, 2.45) is 0 Å². The maximum absolute atomic E-state index is 14.5. The van der Waals surface area contributed by atoms with Gasteiger partial charge in [0.1, 0.15) is 11.3 Å². The molecule has 9 nitrogen and oxygen atoms in total. The minimum absolute atomic E-state index is 0.0189. The second-order valence-corrected chi connectivity index (χ2v) is 10.4. The summed E-state index contributed by atoms with van der Waals surface area (Å²) in [5.41, 5.74) is 6.54. The molecule has 0 atom stereocenters. The van der Waals surface area contributed by atoms with E-state index in [0.717, 1.165) is 23.0 Å². The normalized spacial score (nSPS) is 11.9. The highest BCUT2D eigenvalue weighted by atomic mass is 32.2.